The van der Waals surface area contributed by atoms with E-state index < -0.39 is 6.03 Å². The van der Waals surface area contributed by atoms with Crippen molar-refractivity contribution in [3.05, 3.63) is 36.2 Å². The fraction of sp³-hybridized carbons (Fsp3) is 0.0833. The van der Waals surface area contributed by atoms with Crippen LogP contribution in [0.4, 0.5) is 10.6 Å². The van der Waals surface area contributed by atoms with E-state index in [2.05, 4.69) is 28.6 Å². The van der Waals surface area contributed by atoms with Crippen molar-refractivity contribution in [1.82, 2.24) is 9.78 Å². The van der Waals surface area contributed by atoms with Crippen LogP contribution in [-0.2, 0) is 0 Å². The molecule has 1 aromatic heterocycles. The fourth-order valence-corrected chi connectivity index (χ4v) is 1.70. The molecule has 0 aliphatic heterocycles. The molecule has 0 atom stereocenters. The Morgan fingerprint density at radius 3 is 2.70 bits per heavy atom. The summed E-state index contributed by atoms with van der Waals surface area (Å²) < 4.78 is 1.31. The first-order chi connectivity index (χ1) is 9.46. The Balaban J connectivity index is 3.50. The first-order valence-electron chi connectivity index (χ1n) is 5.47. The van der Waals surface area contributed by atoms with E-state index in [4.69, 9.17) is 23.1 Å². The van der Waals surface area contributed by atoms with Crippen LogP contribution in [0.25, 0.3) is 11.3 Å². The Labute approximate surface area is 121 Å². The Hall–Kier alpha value is -2.54. The number of nitrogens with one attached hydrogen (secondary N) is 1. The summed E-state index contributed by atoms with van der Waals surface area (Å²) in [6.45, 7) is 7.33. The monoisotopic (exact) mass is 294 g/mol. The molecule has 8 heteroatoms. The van der Waals surface area contributed by atoms with Crippen molar-refractivity contribution in [3.8, 4) is 0 Å². The van der Waals surface area contributed by atoms with Gasteiger partial charge in [0.05, 0.1) is 5.70 Å². The van der Waals surface area contributed by atoms with Crippen LogP contribution in [0.15, 0.2) is 30.4 Å². The van der Waals surface area contributed by atoms with E-state index in [1.54, 1.807) is 7.05 Å². The molecule has 0 aliphatic rings. The highest BCUT2D eigenvalue weighted by Crippen LogP contribution is 2.31. The van der Waals surface area contributed by atoms with Gasteiger partial charge in [-0.1, -0.05) is 24.8 Å². The topological polar surface area (TPSA) is 111 Å². The third-order valence-electron chi connectivity index (χ3n) is 2.30. The van der Waals surface area contributed by atoms with Crippen LogP contribution in [0.5, 0.6) is 0 Å². The lowest BCUT2D eigenvalue weighted by molar-refractivity contribution is 0.259. The molecule has 1 aromatic rings. The Morgan fingerprint density at radius 2 is 2.25 bits per heavy atom. The normalized spacial score (nSPS) is 11.6. The van der Waals surface area contributed by atoms with Gasteiger partial charge >= 0.3 is 6.03 Å². The number of carbonyl (C=O) groups excluding carboxylic acids is 1. The molecule has 5 N–H and O–H groups in total. The van der Waals surface area contributed by atoms with Gasteiger partial charge < -0.3 is 11.5 Å². The number of rotatable bonds is 5. The van der Waals surface area contributed by atoms with Gasteiger partial charge in [0.2, 0.25) is 0 Å². The summed E-state index contributed by atoms with van der Waals surface area (Å²) in [7, 11) is 1.58. The van der Waals surface area contributed by atoms with Crippen molar-refractivity contribution >= 4 is 40.9 Å². The zero-order valence-electron chi connectivity index (χ0n) is 10.9. The molecule has 0 fully saturated rings. The van der Waals surface area contributed by atoms with Gasteiger partial charge in [0.25, 0.3) is 0 Å². The maximum Gasteiger partial charge on any atom is 0.317 e. The van der Waals surface area contributed by atoms with Gasteiger partial charge in [-0.25, -0.2) is 9.48 Å². The molecule has 20 heavy (non-hydrogen) atoms. The third kappa shape index (κ3) is 3.07. The molecule has 0 bridgehead atoms. The molecule has 2 amide bonds. The lowest BCUT2D eigenvalue weighted by atomic mass is 10.2. The quantitative estimate of drug-likeness (QED) is 0.567. The Morgan fingerprint density at radius 1 is 1.60 bits per heavy atom. The molecule has 0 radical (unpaired) electrons. The summed E-state index contributed by atoms with van der Waals surface area (Å²) in [6.07, 6.45) is 4.25. The van der Waals surface area contributed by atoms with Gasteiger partial charge in [-0.2, -0.15) is 5.10 Å². The summed E-state index contributed by atoms with van der Waals surface area (Å²) in [5.74, 6) is 0.183. The number of urea groups is 1. The average molecular weight is 295 g/mol. The van der Waals surface area contributed by atoms with E-state index >= 15 is 0 Å². The van der Waals surface area contributed by atoms with E-state index in [1.807, 2.05) is 0 Å². The largest absolute Gasteiger partial charge is 0.404 e. The molecule has 0 saturated heterocycles. The van der Waals surface area contributed by atoms with Gasteiger partial charge in [-0.3, -0.25) is 10.3 Å². The molecule has 0 aliphatic carbocycles. The molecule has 1 heterocycles. The zero-order chi connectivity index (χ0) is 15.3. The number of hydrogen-bond acceptors (Lipinski definition) is 4. The summed E-state index contributed by atoms with van der Waals surface area (Å²) in [6, 6.07) is -0.779. The molecule has 106 valence electrons. The van der Waals surface area contributed by atoms with Crippen molar-refractivity contribution in [2.24, 2.45) is 16.5 Å². The number of nitrogens with zero attached hydrogens (tertiary/aromatic N) is 3. The molecule has 1 rings (SSSR count). The molecule has 7 nitrogen and oxygen atoms in total. The molecular weight excluding hydrogens is 280 g/mol. The molecular formula is C12H15ClN6O. The second kappa shape index (κ2) is 6.58. The van der Waals surface area contributed by atoms with E-state index in [0.29, 0.717) is 17.0 Å². The minimum atomic E-state index is -0.779. The number of nitrogens with two attached hydrogens (primary N) is 2. The van der Waals surface area contributed by atoms with Crippen molar-refractivity contribution < 1.29 is 4.79 Å². The van der Waals surface area contributed by atoms with E-state index in [9.17, 15) is 4.79 Å². The SMILES string of the molecule is C=CC(=C)n1nc(C(C=NC)=CN)c(Cl)c1NC(N)=O. The van der Waals surface area contributed by atoms with Crippen molar-refractivity contribution in [2.45, 2.75) is 0 Å². The van der Waals surface area contributed by atoms with Crippen LogP contribution in [0.2, 0.25) is 5.02 Å². The molecule has 0 saturated carbocycles. The first-order valence-corrected chi connectivity index (χ1v) is 5.85. The standard InChI is InChI=1S/C12H15ClN6O/c1-4-7(2)19-11(17-12(15)20)9(13)10(18-19)8(5-14)6-16-3/h4-6H,1-2,14H2,3H3,(H3,15,17,20). The van der Waals surface area contributed by atoms with Crippen molar-refractivity contribution in [1.29, 1.82) is 0 Å². The molecule has 0 aromatic carbocycles. The molecule has 0 spiro atoms. The number of halogens is 1. The Bertz CT molecular complexity index is 614. The van der Waals surface area contributed by atoms with Crippen LogP contribution >= 0.6 is 11.6 Å². The van der Waals surface area contributed by atoms with Crippen LogP contribution in [0, 0.1) is 0 Å². The first kappa shape index (κ1) is 15.5. The lowest BCUT2D eigenvalue weighted by Crippen LogP contribution is -2.21. The van der Waals surface area contributed by atoms with Crippen molar-refractivity contribution in [2.75, 3.05) is 12.4 Å². The smallest absolute Gasteiger partial charge is 0.317 e. The van der Waals surface area contributed by atoms with Crippen LogP contribution in [-0.4, -0.2) is 29.1 Å². The van der Waals surface area contributed by atoms with Crippen LogP contribution in [0.3, 0.4) is 0 Å². The highest BCUT2D eigenvalue weighted by atomic mass is 35.5. The number of carbonyl (C=O) groups is 1. The maximum absolute atomic E-state index is 11.0. The van der Waals surface area contributed by atoms with E-state index in [-0.39, 0.29) is 10.8 Å². The minimum Gasteiger partial charge on any atom is -0.404 e. The molecule has 0 unspecified atom stereocenters. The maximum atomic E-state index is 11.0. The van der Waals surface area contributed by atoms with E-state index in [1.165, 1.54) is 23.2 Å². The highest BCUT2D eigenvalue weighted by Gasteiger charge is 2.20. The predicted octanol–water partition coefficient (Wildman–Crippen LogP) is 1.68. The Kier molecular flexibility index (Phi) is 5.10. The van der Waals surface area contributed by atoms with Gasteiger partial charge in [0.1, 0.15) is 10.7 Å². The number of allylic oxidation sites excluding steroid dienone is 3. The van der Waals surface area contributed by atoms with Gasteiger partial charge in [-0.05, 0) is 6.08 Å². The van der Waals surface area contributed by atoms with Crippen LogP contribution in [0.1, 0.15) is 5.69 Å². The number of aliphatic imine (C=N–C) groups is 1. The number of aromatic nitrogens is 2. The average Bonchev–Trinajstić information content (AvgIpc) is 2.72. The minimum absolute atomic E-state index is 0.170. The van der Waals surface area contributed by atoms with Crippen LogP contribution < -0.4 is 16.8 Å². The van der Waals surface area contributed by atoms with E-state index in [0.717, 1.165) is 0 Å². The lowest BCUT2D eigenvalue weighted by Gasteiger charge is -2.06. The fourth-order valence-electron chi connectivity index (χ4n) is 1.42. The summed E-state index contributed by atoms with van der Waals surface area (Å²) >= 11 is 6.20. The number of primary amides is 1. The summed E-state index contributed by atoms with van der Waals surface area (Å²) in [4.78, 5) is 14.9. The van der Waals surface area contributed by atoms with Gasteiger partial charge in [-0.15, -0.1) is 0 Å². The number of hydrogen-bond donors (Lipinski definition) is 3. The number of anilines is 1. The summed E-state index contributed by atoms with van der Waals surface area (Å²) in [5, 5.41) is 6.78. The zero-order valence-corrected chi connectivity index (χ0v) is 11.7. The third-order valence-corrected chi connectivity index (χ3v) is 2.66. The number of amides is 2. The second-order valence-corrected chi connectivity index (χ2v) is 3.99. The highest BCUT2D eigenvalue weighted by molar-refractivity contribution is 6.36. The summed E-state index contributed by atoms with van der Waals surface area (Å²) in [5.41, 5.74) is 11.9. The second-order valence-electron chi connectivity index (χ2n) is 3.62. The van der Waals surface area contributed by atoms with Crippen molar-refractivity contribution in [3.63, 3.8) is 0 Å². The van der Waals surface area contributed by atoms with Gasteiger partial charge in [0.15, 0.2) is 5.82 Å². The van der Waals surface area contributed by atoms with Gasteiger partial charge in [0, 0.05) is 25.0 Å². The predicted molar refractivity (Wildman–Crippen MR) is 82.6 cm³/mol.